The quantitative estimate of drug-likeness (QED) is 0.788. The molecule has 0 saturated carbocycles. The number of hydrogen-bond donors (Lipinski definition) is 1. The minimum atomic E-state index is -0.491. The van der Waals surface area contributed by atoms with Crippen molar-refractivity contribution in [1.29, 1.82) is 5.26 Å². The Morgan fingerprint density at radius 1 is 1.22 bits per heavy atom. The lowest BCUT2D eigenvalue weighted by atomic mass is 9.99. The molecule has 0 spiro atoms. The van der Waals surface area contributed by atoms with E-state index in [1.54, 1.807) is 24.4 Å². The molecule has 3 aromatic rings. The summed E-state index contributed by atoms with van der Waals surface area (Å²) < 4.78 is 13.1. The van der Waals surface area contributed by atoms with E-state index in [0.717, 1.165) is 5.56 Å². The first-order chi connectivity index (χ1) is 11.1. The molecule has 0 amide bonds. The van der Waals surface area contributed by atoms with Crippen molar-refractivity contribution in [2.45, 2.75) is 6.92 Å². The van der Waals surface area contributed by atoms with E-state index in [4.69, 9.17) is 0 Å². The summed E-state index contributed by atoms with van der Waals surface area (Å²) in [6.45, 7) is 1.89. The van der Waals surface area contributed by atoms with Crippen LogP contribution < -0.4 is 5.56 Å². The van der Waals surface area contributed by atoms with Gasteiger partial charge in [-0.15, -0.1) is 0 Å². The molecule has 2 aromatic heterocycles. The van der Waals surface area contributed by atoms with Gasteiger partial charge in [-0.2, -0.15) is 5.26 Å². The smallest absolute Gasteiger partial charge is 0.267 e. The minimum Gasteiger partial charge on any atom is -0.319 e. The second-order valence-electron chi connectivity index (χ2n) is 5.09. The number of H-pyrrole nitrogens is 1. The Balaban J connectivity index is 2.27. The molecule has 23 heavy (non-hydrogen) atoms. The Labute approximate surface area is 131 Å². The summed E-state index contributed by atoms with van der Waals surface area (Å²) in [6.07, 6.45) is 1.64. The number of nitrogens with one attached hydrogen (secondary N) is 1. The zero-order chi connectivity index (χ0) is 16.4. The summed E-state index contributed by atoms with van der Waals surface area (Å²) in [4.78, 5) is 19.2. The van der Waals surface area contributed by atoms with Crippen molar-refractivity contribution in [3.8, 4) is 28.6 Å². The predicted molar refractivity (Wildman–Crippen MR) is 85.1 cm³/mol. The van der Waals surface area contributed by atoms with Gasteiger partial charge in [0, 0.05) is 11.8 Å². The van der Waals surface area contributed by atoms with Gasteiger partial charge in [0.2, 0.25) is 0 Å². The van der Waals surface area contributed by atoms with E-state index < -0.39 is 5.56 Å². The van der Waals surface area contributed by atoms with Crippen LogP contribution in [0.5, 0.6) is 0 Å². The Hall–Kier alpha value is -3.26. The molecule has 0 saturated heterocycles. The standard InChI is InChI=1S/C18H12FN3O/c1-11-3-2-8-21-17(11)16-9-14(15(10-20)18(23)22-16)12-4-6-13(19)7-5-12/h2-9H,1H3,(H,22,23). The normalized spacial score (nSPS) is 10.3. The van der Waals surface area contributed by atoms with Crippen molar-refractivity contribution in [1.82, 2.24) is 9.97 Å². The number of halogens is 1. The largest absolute Gasteiger partial charge is 0.319 e. The lowest BCUT2D eigenvalue weighted by molar-refractivity contribution is 0.628. The molecule has 3 rings (SSSR count). The van der Waals surface area contributed by atoms with Crippen molar-refractivity contribution in [2.24, 2.45) is 0 Å². The number of nitriles is 1. The monoisotopic (exact) mass is 305 g/mol. The van der Waals surface area contributed by atoms with E-state index in [9.17, 15) is 14.4 Å². The zero-order valence-corrected chi connectivity index (χ0v) is 12.3. The SMILES string of the molecule is Cc1cccnc1-c1cc(-c2ccc(F)cc2)c(C#N)c(=O)[nH]1. The maximum absolute atomic E-state index is 13.1. The van der Waals surface area contributed by atoms with Crippen LogP contribution in [0.2, 0.25) is 0 Å². The summed E-state index contributed by atoms with van der Waals surface area (Å²) in [5, 5.41) is 9.27. The van der Waals surface area contributed by atoms with Crippen LogP contribution in [0, 0.1) is 24.1 Å². The van der Waals surface area contributed by atoms with Crippen molar-refractivity contribution in [3.05, 3.63) is 76.0 Å². The molecule has 0 aliphatic heterocycles. The van der Waals surface area contributed by atoms with Crippen LogP contribution in [-0.4, -0.2) is 9.97 Å². The molecule has 1 aromatic carbocycles. The maximum Gasteiger partial charge on any atom is 0.267 e. The van der Waals surface area contributed by atoms with Crippen molar-refractivity contribution < 1.29 is 4.39 Å². The van der Waals surface area contributed by atoms with E-state index in [2.05, 4.69) is 9.97 Å². The van der Waals surface area contributed by atoms with Gasteiger partial charge in [0.05, 0.1) is 11.4 Å². The van der Waals surface area contributed by atoms with Gasteiger partial charge in [0.1, 0.15) is 17.4 Å². The molecular formula is C18H12FN3O. The Kier molecular flexibility index (Phi) is 3.73. The average molecular weight is 305 g/mol. The summed E-state index contributed by atoms with van der Waals surface area (Å²) in [7, 11) is 0. The molecule has 5 heteroatoms. The van der Waals surface area contributed by atoms with Gasteiger partial charge in [0.25, 0.3) is 5.56 Å². The highest BCUT2D eigenvalue weighted by molar-refractivity contribution is 5.74. The van der Waals surface area contributed by atoms with Gasteiger partial charge in [0.15, 0.2) is 0 Å². The van der Waals surface area contributed by atoms with E-state index in [-0.39, 0.29) is 11.4 Å². The van der Waals surface area contributed by atoms with E-state index in [1.165, 1.54) is 12.1 Å². The maximum atomic E-state index is 13.1. The van der Waals surface area contributed by atoms with Crippen LogP contribution in [0.1, 0.15) is 11.1 Å². The lowest BCUT2D eigenvalue weighted by Crippen LogP contribution is -2.13. The molecule has 0 aliphatic rings. The molecule has 0 fully saturated rings. The summed E-state index contributed by atoms with van der Waals surface area (Å²) in [5.41, 5.74) is 2.62. The molecule has 2 heterocycles. The van der Waals surface area contributed by atoms with Crippen molar-refractivity contribution >= 4 is 0 Å². The first kappa shape index (κ1) is 14.7. The third-order valence-electron chi connectivity index (χ3n) is 3.56. The van der Waals surface area contributed by atoms with Crippen LogP contribution in [0.15, 0.2) is 53.5 Å². The van der Waals surface area contributed by atoms with E-state index >= 15 is 0 Å². The highest BCUT2D eigenvalue weighted by atomic mass is 19.1. The van der Waals surface area contributed by atoms with Crippen molar-refractivity contribution in [2.75, 3.05) is 0 Å². The summed E-state index contributed by atoms with van der Waals surface area (Å²) in [6, 6.07) is 13.0. The zero-order valence-electron chi connectivity index (χ0n) is 12.3. The van der Waals surface area contributed by atoms with Gasteiger partial charge in [-0.1, -0.05) is 18.2 Å². The molecule has 0 aliphatic carbocycles. The molecule has 0 unspecified atom stereocenters. The van der Waals surface area contributed by atoms with Gasteiger partial charge in [-0.3, -0.25) is 9.78 Å². The third-order valence-corrected chi connectivity index (χ3v) is 3.56. The first-order valence-corrected chi connectivity index (χ1v) is 6.95. The third kappa shape index (κ3) is 2.74. The molecule has 0 bridgehead atoms. The Bertz CT molecular complexity index is 969. The number of pyridine rings is 2. The second-order valence-corrected chi connectivity index (χ2v) is 5.09. The molecule has 1 N–H and O–H groups in total. The van der Waals surface area contributed by atoms with Crippen LogP contribution >= 0.6 is 0 Å². The average Bonchev–Trinajstić information content (AvgIpc) is 2.55. The van der Waals surface area contributed by atoms with Gasteiger partial charge in [-0.05, 0) is 42.3 Å². The highest BCUT2D eigenvalue weighted by Gasteiger charge is 2.14. The molecule has 4 nitrogen and oxygen atoms in total. The number of benzene rings is 1. The number of aromatic nitrogens is 2. The highest BCUT2D eigenvalue weighted by Crippen LogP contribution is 2.26. The van der Waals surface area contributed by atoms with Crippen LogP contribution in [0.3, 0.4) is 0 Å². The summed E-state index contributed by atoms with van der Waals surface area (Å²) in [5.74, 6) is -0.377. The lowest BCUT2D eigenvalue weighted by Gasteiger charge is -2.09. The van der Waals surface area contributed by atoms with Crippen LogP contribution in [0.4, 0.5) is 4.39 Å². The molecule has 0 atom stereocenters. The molecular weight excluding hydrogens is 293 g/mol. The number of rotatable bonds is 2. The minimum absolute atomic E-state index is 0.00561. The second kappa shape index (κ2) is 5.85. The first-order valence-electron chi connectivity index (χ1n) is 6.95. The van der Waals surface area contributed by atoms with Crippen LogP contribution in [0.25, 0.3) is 22.5 Å². The fourth-order valence-corrected chi connectivity index (χ4v) is 2.42. The number of aromatic amines is 1. The number of nitrogens with zero attached hydrogens (tertiary/aromatic N) is 2. The Morgan fingerprint density at radius 3 is 2.61 bits per heavy atom. The summed E-state index contributed by atoms with van der Waals surface area (Å²) >= 11 is 0. The van der Waals surface area contributed by atoms with Crippen LogP contribution in [-0.2, 0) is 0 Å². The van der Waals surface area contributed by atoms with E-state index in [0.29, 0.717) is 22.5 Å². The van der Waals surface area contributed by atoms with Gasteiger partial charge in [-0.25, -0.2) is 4.39 Å². The molecule has 112 valence electrons. The predicted octanol–water partition coefficient (Wildman–Crippen LogP) is 3.42. The fourth-order valence-electron chi connectivity index (χ4n) is 2.42. The van der Waals surface area contributed by atoms with E-state index in [1.807, 2.05) is 25.1 Å². The Morgan fingerprint density at radius 2 is 1.96 bits per heavy atom. The van der Waals surface area contributed by atoms with Gasteiger partial charge < -0.3 is 4.98 Å². The fraction of sp³-hybridized carbons (Fsp3) is 0.0556. The van der Waals surface area contributed by atoms with Crippen molar-refractivity contribution in [3.63, 3.8) is 0 Å². The number of aryl methyl sites for hydroxylation is 1. The number of hydrogen-bond acceptors (Lipinski definition) is 3. The molecule has 0 radical (unpaired) electrons. The topological polar surface area (TPSA) is 69.5 Å². The van der Waals surface area contributed by atoms with Gasteiger partial charge >= 0.3 is 0 Å².